The van der Waals surface area contributed by atoms with Gasteiger partial charge in [-0.3, -0.25) is 0 Å². The number of ether oxygens (including phenoxy) is 1. The van der Waals surface area contributed by atoms with Crippen molar-refractivity contribution in [1.82, 2.24) is 9.97 Å². The standard InChI is InChI=1S/C15H22N4O/c1-11(12(2)16)7-13-8-14(18-10-17-13)19-5-6-20-15(9-19)3-4-15/h8,10H,3-7,9,16H2,1-2H3/b12-11-. The van der Waals surface area contributed by atoms with Gasteiger partial charge in [0.15, 0.2) is 0 Å². The third kappa shape index (κ3) is 2.77. The average molecular weight is 274 g/mol. The van der Waals surface area contributed by atoms with Crippen molar-refractivity contribution in [2.75, 3.05) is 24.6 Å². The summed E-state index contributed by atoms with van der Waals surface area (Å²) >= 11 is 0. The van der Waals surface area contributed by atoms with E-state index in [-0.39, 0.29) is 5.60 Å². The molecule has 0 amide bonds. The number of nitrogens with zero attached hydrogens (tertiary/aromatic N) is 3. The van der Waals surface area contributed by atoms with Gasteiger partial charge >= 0.3 is 0 Å². The van der Waals surface area contributed by atoms with Crippen LogP contribution in [-0.2, 0) is 11.2 Å². The lowest BCUT2D eigenvalue weighted by atomic mass is 10.1. The van der Waals surface area contributed by atoms with E-state index in [1.54, 1.807) is 6.33 Å². The Morgan fingerprint density at radius 3 is 2.90 bits per heavy atom. The fraction of sp³-hybridized carbons (Fsp3) is 0.600. The molecule has 0 bridgehead atoms. The Morgan fingerprint density at radius 1 is 1.40 bits per heavy atom. The number of rotatable bonds is 3. The Kier molecular flexibility index (Phi) is 3.38. The highest BCUT2D eigenvalue weighted by molar-refractivity contribution is 5.41. The highest BCUT2D eigenvalue weighted by atomic mass is 16.5. The van der Waals surface area contributed by atoms with Crippen molar-refractivity contribution in [1.29, 1.82) is 0 Å². The lowest BCUT2D eigenvalue weighted by Gasteiger charge is -2.34. The van der Waals surface area contributed by atoms with E-state index >= 15 is 0 Å². The molecule has 3 rings (SSSR count). The number of allylic oxidation sites excluding steroid dienone is 2. The molecule has 2 N–H and O–H groups in total. The van der Waals surface area contributed by atoms with Crippen LogP contribution in [0.1, 0.15) is 32.4 Å². The van der Waals surface area contributed by atoms with Crippen molar-refractivity contribution in [2.24, 2.45) is 5.73 Å². The Hall–Kier alpha value is -1.62. The van der Waals surface area contributed by atoms with Gasteiger partial charge in [0.05, 0.1) is 12.2 Å². The van der Waals surface area contributed by atoms with E-state index in [0.717, 1.165) is 48.9 Å². The minimum atomic E-state index is 0.118. The van der Waals surface area contributed by atoms with E-state index < -0.39 is 0 Å². The summed E-state index contributed by atoms with van der Waals surface area (Å²) in [5.41, 5.74) is 8.99. The second kappa shape index (κ2) is 5.05. The van der Waals surface area contributed by atoms with Crippen molar-refractivity contribution in [3.05, 3.63) is 29.4 Å². The van der Waals surface area contributed by atoms with Crippen LogP contribution in [0.3, 0.4) is 0 Å². The van der Waals surface area contributed by atoms with E-state index in [4.69, 9.17) is 10.5 Å². The molecule has 1 aliphatic carbocycles. The summed E-state index contributed by atoms with van der Waals surface area (Å²) in [6.45, 7) is 6.62. The van der Waals surface area contributed by atoms with Gasteiger partial charge in [-0.1, -0.05) is 0 Å². The van der Waals surface area contributed by atoms with Gasteiger partial charge in [-0.05, 0) is 32.3 Å². The molecule has 1 aliphatic heterocycles. The quantitative estimate of drug-likeness (QED) is 0.907. The zero-order valence-electron chi connectivity index (χ0n) is 12.2. The Labute approximate surface area is 119 Å². The molecule has 2 heterocycles. The van der Waals surface area contributed by atoms with Crippen LogP contribution in [0.25, 0.3) is 0 Å². The maximum absolute atomic E-state index is 5.85. The second-order valence-corrected chi connectivity index (χ2v) is 5.96. The van der Waals surface area contributed by atoms with Crippen molar-refractivity contribution in [3.8, 4) is 0 Å². The summed E-state index contributed by atoms with van der Waals surface area (Å²) in [7, 11) is 0. The van der Waals surface area contributed by atoms with Crippen LogP contribution in [0.2, 0.25) is 0 Å². The molecule has 5 heteroatoms. The topological polar surface area (TPSA) is 64.3 Å². The number of anilines is 1. The minimum Gasteiger partial charge on any atom is -0.402 e. The normalized spacial score (nSPS) is 21.8. The van der Waals surface area contributed by atoms with Crippen LogP contribution >= 0.6 is 0 Å². The summed E-state index contributed by atoms with van der Waals surface area (Å²) < 4.78 is 5.85. The van der Waals surface area contributed by atoms with Crippen molar-refractivity contribution in [2.45, 2.75) is 38.7 Å². The van der Waals surface area contributed by atoms with Gasteiger partial charge in [-0.2, -0.15) is 0 Å². The average Bonchev–Trinajstić information content (AvgIpc) is 3.18. The van der Waals surface area contributed by atoms with Gasteiger partial charge in [0.25, 0.3) is 0 Å². The third-order valence-corrected chi connectivity index (χ3v) is 4.21. The van der Waals surface area contributed by atoms with Crippen LogP contribution in [0.5, 0.6) is 0 Å². The fourth-order valence-corrected chi connectivity index (χ4v) is 2.55. The molecule has 1 spiro atoms. The highest BCUT2D eigenvalue weighted by Gasteiger charge is 2.47. The molecule has 2 aliphatic rings. The molecule has 108 valence electrons. The van der Waals surface area contributed by atoms with Crippen LogP contribution in [-0.4, -0.2) is 35.3 Å². The first-order valence-electron chi connectivity index (χ1n) is 7.20. The molecule has 1 saturated heterocycles. The molecular weight excluding hydrogens is 252 g/mol. The maximum Gasteiger partial charge on any atom is 0.132 e. The zero-order chi connectivity index (χ0) is 14.2. The van der Waals surface area contributed by atoms with E-state index in [1.807, 2.05) is 13.8 Å². The van der Waals surface area contributed by atoms with Crippen LogP contribution in [0.4, 0.5) is 5.82 Å². The second-order valence-electron chi connectivity index (χ2n) is 5.96. The number of nitrogens with two attached hydrogens (primary N) is 1. The zero-order valence-corrected chi connectivity index (χ0v) is 12.2. The van der Waals surface area contributed by atoms with Gasteiger partial charge in [-0.15, -0.1) is 0 Å². The summed E-state index contributed by atoms with van der Waals surface area (Å²) in [5.74, 6) is 1.01. The number of morpholine rings is 1. The summed E-state index contributed by atoms with van der Waals surface area (Å²) in [6, 6.07) is 2.08. The van der Waals surface area contributed by atoms with E-state index in [0.29, 0.717) is 0 Å². The molecule has 5 nitrogen and oxygen atoms in total. The minimum absolute atomic E-state index is 0.118. The van der Waals surface area contributed by atoms with Crippen LogP contribution < -0.4 is 10.6 Å². The smallest absolute Gasteiger partial charge is 0.132 e. The Bertz CT molecular complexity index is 532. The Morgan fingerprint density at radius 2 is 2.20 bits per heavy atom. The summed E-state index contributed by atoms with van der Waals surface area (Å²) in [5, 5.41) is 0. The summed E-state index contributed by atoms with van der Waals surface area (Å²) in [6.07, 6.45) is 4.79. The predicted octanol–water partition coefficient (Wildman–Crippen LogP) is 1.64. The molecular formula is C15H22N4O. The number of hydrogen-bond donors (Lipinski definition) is 1. The lowest BCUT2D eigenvalue weighted by Crippen LogP contribution is -2.44. The van der Waals surface area contributed by atoms with Crippen molar-refractivity contribution >= 4 is 5.82 Å². The first-order chi connectivity index (χ1) is 9.58. The third-order valence-electron chi connectivity index (χ3n) is 4.21. The Balaban J connectivity index is 1.75. The van der Waals surface area contributed by atoms with E-state index in [9.17, 15) is 0 Å². The summed E-state index contributed by atoms with van der Waals surface area (Å²) in [4.78, 5) is 11.1. The molecule has 2 fully saturated rings. The fourth-order valence-electron chi connectivity index (χ4n) is 2.55. The molecule has 1 aromatic heterocycles. The molecule has 20 heavy (non-hydrogen) atoms. The monoisotopic (exact) mass is 274 g/mol. The maximum atomic E-state index is 5.85. The SMILES string of the molecule is C/C(N)=C(\C)Cc1cc(N2CCOC3(CC3)C2)ncn1. The van der Waals surface area contributed by atoms with Gasteiger partial charge in [-0.25, -0.2) is 9.97 Å². The molecule has 0 radical (unpaired) electrons. The predicted molar refractivity (Wildman–Crippen MR) is 78.4 cm³/mol. The molecule has 0 unspecified atom stereocenters. The van der Waals surface area contributed by atoms with E-state index in [1.165, 1.54) is 12.8 Å². The van der Waals surface area contributed by atoms with Gasteiger partial charge in [0, 0.05) is 37.0 Å². The molecule has 1 saturated carbocycles. The van der Waals surface area contributed by atoms with Crippen molar-refractivity contribution in [3.63, 3.8) is 0 Å². The molecule has 1 aromatic rings. The highest BCUT2D eigenvalue weighted by Crippen LogP contribution is 2.42. The molecule has 0 aromatic carbocycles. The molecule has 0 atom stereocenters. The number of hydrogen-bond acceptors (Lipinski definition) is 5. The van der Waals surface area contributed by atoms with Gasteiger partial charge in [0.1, 0.15) is 12.1 Å². The van der Waals surface area contributed by atoms with Gasteiger partial charge < -0.3 is 15.4 Å². The van der Waals surface area contributed by atoms with E-state index in [2.05, 4.69) is 20.9 Å². The van der Waals surface area contributed by atoms with Crippen LogP contribution in [0.15, 0.2) is 23.7 Å². The van der Waals surface area contributed by atoms with Crippen LogP contribution in [0, 0.1) is 0 Å². The lowest BCUT2D eigenvalue weighted by molar-refractivity contribution is 0.0203. The van der Waals surface area contributed by atoms with Gasteiger partial charge in [0.2, 0.25) is 0 Å². The number of aromatic nitrogens is 2. The first kappa shape index (κ1) is 13.4. The first-order valence-corrected chi connectivity index (χ1v) is 7.20. The van der Waals surface area contributed by atoms with Crippen molar-refractivity contribution < 1.29 is 4.74 Å². The largest absolute Gasteiger partial charge is 0.402 e.